The molecular formula is C13H17O2-. The molecular weight excluding hydrogens is 188 g/mol. The maximum atomic E-state index is 12.0. The van der Waals surface area contributed by atoms with Crippen molar-refractivity contribution in [1.82, 2.24) is 0 Å². The first kappa shape index (κ1) is 9.44. The highest BCUT2D eigenvalue weighted by atomic mass is 16.2. The van der Waals surface area contributed by atoms with Crippen molar-refractivity contribution in [3.05, 3.63) is 12.3 Å². The minimum atomic E-state index is -0.115. The molecule has 4 bridgehead atoms. The van der Waals surface area contributed by atoms with Gasteiger partial charge >= 0.3 is 0 Å². The molecule has 82 valence electrons. The summed E-state index contributed by atoms with van der Waals surface area (Å²) in [5.41, 5.74) is -0.115. The number of ketones is 1. The van der Waals surface area contributed by atoms with E-state index in [2.05, 4.69) is 0 Å². The van der Waals surface area contributed by atoms with Crippen LogP contribution in [0.15, 0.2) is 12.3 Å². The molecule has 0 heterocycles. The Morgan fingerprint density at radius 2 is 1.53 bits per heavy atom. The van der Waals surface area contributed by atoms with Gasteiger partial charge < -0.3 is 5.11 Å². The van der Waals surface area contributed by atoms with Crippen molar-refractivity contribution in [3.8, 4) is 0 Å². The minimum absolute atomic E-state index is 0.115. The molecule has 0 aromatic heterocycles. The molecule has 0 saturated heterocycles. The second-order valence-electron chi connectivity index (χ2n) is 5.86. The van der Waals surface area contributed by atoms with Crippen molar-refractivity contribution in [2.24, 2.45) is 23.2 Å². The molecule has 2 heteroatoms. The van der Waals surface area contributed by atoms with Crippen LogP contribution in [0, 0.1) is 23.2 Å². The molecule has 4 aliphatic carbocycles. The largest absolute Gasteiger partial charge is 0.878 e. The van der Waals surface area contributed by atoms with Crippen LogP contribution in [0.2, 0.25) is 0 Å². The van der Waals surface area contributed by atoms with Crippen molar-refractivity contribution in [1.29, 1.82) is 0 Å². The van der Waals surface area contributed by atoms with Gasteiger partial charge in [0.05, 0.1) is 0 Å². The van der Waals surface area contributed by atoms with Gasteiger partial charge in [-0.05, 0) is 62.4 Å². The van der Waals surface area contributed by atoms with Gasteiger partial charge in [-0.25, -0.2) is 0 Å². The molecule has 4 rings (SSSR count). The lowest BCUT2D eigenvalue weighted by Gasteiger charge is -2.55. The zero-order chi connectivity index (χ0) is 10.5. The summed E-state index contributed by atoms with van der Waals surface area (Å²) < 4.78 is 0. The maximum absolute atomic E-state index is 12.0. The second kappa shape index (κ2) is 3.10. The topological polar surface area (TPSA) is 40.1 Å². The van der Waals surface area contributed by atoms with Gasteiger partial charge in [-0.3, -0.25) is 4.79 Å². The van der Waals surface area contributed by atoms with Crippen molar-refractivity contribution < 1.29 is 9.90 Å². The average molecular weight is 205 g/mol. The zero-order valence-electron chi connectivity index (χ0n) is 8.95. The fraction of sp³-hybridized carbons (Fsp3) is 0.769. The van der Waals surface area contributed by atoms with Crippen molar-refractivity contribution in [2.75, 3.05) is 0 Å². The van der Waals surface area contributed by atoms with Crippen LogP contribution in [-0.4, -0.2) is 5.78 Å². The molecule has 4 saturated carbocycles. The van der Waals surface area contributed by atoms with Crippen molar-refractivity contribution in [3.63, 3.8) is 0 Å². The number of carbonyl (C=O) groups is 1. The number of rotatable bonds is 2. The molecule has 0 aromatic carbocycles. The average Bonchev–Trinajstić information content (AvgIpc) is 2.15. The van der Waals surface area contributed by atoms with Crippen LogP contribution in [0.25, 0.3) is 0 Å². The Balaban J connectivity index is 1.89. The summed E-state index contributed by atoms with van der Waals surface area (Å²) >= 11 is 0. The van der Waals surface area contributed by atoms with Gasteiger partial charge in [0.2, 0.25) is 0 Å². The summed E-state index contributed by atoms with van der Waals surface area (Å²) in [5, 5.41) is 10.4. The third kappa shape index (κ3) is 1.34. The lowest BCUT2D eigenvalue weighted by Crippen LogP contribution is -2.49. The quantitative estimate of drug-likeness (QED) is 0.508. The maximum Gasteiger partial charge on any atom is 0.160 e. The summed E-state index contributed by atoms with van der Waals surface area (Å²) in [7, 11) is 0. The minimum Gasteiger partial charge on any atom is -0.878 e. The first-order chi connectivity index (χ1) is 7.22. The molecule has 4 fully saturated rings. The van der Waals surface area contributed by atoms with Crippen LogP contribution < -0.4 is 5.11 Å². The zero-order valence-corrected chi connectivity index (χ0v) is 8.95. The number of hydrogen-bond donors (Lipinski definition) is 0. The number of hydrogen-bond acceptors (Lipinski definition) is 2. The van der Waals surface area contributed by atoms with E-state index >= 15 is 0 Å². The third-order valence-electron chi connectivity index (χ3n) is 4.78. The van der Waals surface area contributed by atoms with E-state index in [1.165, 1.54) is 25.3 Å². The highest BCUT2D eigenvalue weighted by Gasteiger charge is 2.53. The Morgan fingerprint density at radius 3 is 1.93 bits per heavy atom. The Labute approximate surface area is 90.4 Å². The van der Waals surface area contributed by atoms with Crippen molar-refractivity contribution >= 4 is 5.78 Å². The van der Waals surface area contributed by atoms with Crippen molar-refractivity contribution in [2.45, 2.75) is 38.5 Å². The Hall–Kier alpha value is -0.790. The molecule has 0 spiro atoms. The van der Waals surface area contributed by atoms with Crippen LogP contribution in [0.1, 0.15) is 38.5 Å². The highest BCUT2D eigenvalue weighted by molar-refractivity contribution is 5.94. The van der Waals surface area contributed by atoms with Gasteiger partial charge in [0.25, 0.3) is 0 Å². The SMILES string of the molecule is O=C(/C=C\[O-])C12CC3CC(CC(C3)C1)C2. The van der Waals surface area contributed by atoms with Crippen LogP contribution in [0.3, 0.4) is 0 Å². The van der Waals surface area contributed by atoms with Crippen LogP contribution in [0.5, 0.6) is 0 Å². The van der Waals surface area contributed by atoms with Gasteiger partial charge in [0, 0.05) is 5.41 Å². The van der Waals surface area contributed by atoms with E-state index in [1.807, 2.05) is 0 Å². The van der Waals surface area contributed by atoms with E-state index in [0.29, 0.717) is 6.26 Å². The molecule has 0 N–H and O–H groups in total. The van der Waals surface area contributed by atoms with E-state index in [0.717, 1.165) is 37.0 Å². The summed E-state index contributed by atoms with van der Waals surface area (Å²) in [5.74, 6) is 2.46. The van der Waals surface area contributed by atoms with E-state index < -0.39 is 0 Å². The standard InChI is InChI=1S/C13H18O2/c14-2-1-12(15)13-6-9-3-10(7-13)5-11(4-9)8-13/h1-2,9-11,14H,3-8H2/p-1/b2-1-. The first-order valence-corrected chi connectivity index (χ1v) is 6.05. The van der Waals surface area contributed by atoms with Gasteiger partial charge in [0.1, 0.15) is 0 Å². The Bertz CT molecular complexity index is 281. The number of allylic oxidation sites excluding steroid dienone is 1. The molecule has 0 aliphatic heterocycles. The van der Waals surface area contributed by atoms with Crippen LogP contribution >= 0.6 is 0 Å². The molecule has 4 aliphatic rings. The molecule has 2 nitrogen and oxygen atoms in total. The summed E-state index contributed by atoms with van der Waals surface area (Å²) in [6.45, 7) is 0. The normalized spacial score (nSPS) is 47.6. The molecule has 0 unspecified atom stereocenters. The summed E-state index contributed by atoms with van der Waals surface area (Å²) in [4.78, 5) is 12.0. The predicted octanol–water partition coefficient (Wildman–Crippen LogP) is 1.65. The van der Waals surface area contributed by atoms with Crippen LogP contribution in [0.4, 0.5) is 0 Å². The Kier molecular flexibility index (Phi) is 1.95. The molecule has 15 heavy (non-hydrogen) atoms. The summed E-state index contributed by atoms with van der Waals surface area (Å²) in [6.07, 6.45) is 9.13. The van der Waals surface area contributed by atoms with E-state index in [9.17, 15) is 9.90 Å². The fourth-order valence-corrected chi connectivity index (χ4v) is 4.65. The highest BCUT2D eigenvalue weighted by Crippen LogP contribution is 2.60. The lowest BCUT2D eigenvalue weighted by molar-refractivity contribution is -0.275. The van der Waals surface area contributed by atoms with Gasteiger partial charge in [-0.2, -0.15) is 0 Å². The molecule has 0 atom stereocenters. The van der Waals surface area contributed by atoms with Gasteiger partial charge in [0.15, 0.2) is 5.78 Å². The van der Waals surface area contributed by atoms with E-state index in [1.54, 1.807) is 0 Å². The Morgan fingerprint density at radius 1 is 1.07 bits per heavy atom. The predicted molar refractivity (Wildman–Crippen MR) is 54.8 cm³/mol. The van der Waals surface area contributed by atoms with E-state index in [4.69, 9.17) is 0 Å². The monoisotopic (exact) mass is 205 g/mol. The molecule has 0 radical (unpaired) electrons. The second-order valence-corrected chi connectivity index (χ2v) is 5.86. The summed E-state index contributed by atoms with van der Waals surface area (Å²) in [6, 6.07) is 0. The third-order valence-corrected chi connectivity index (χ3v) is 4.78. The van der Waals surface area contributed by atoms with Crippen LogP contribution in [-0.2, 0) is 4.79 Å². The lowest BCUT2D eigenvalue weighted by atomic mass is 9.48. The van der Waals surface area contributed by atoms with Gasteiger partial charge in [-0.15, -0.1) is 6.26 Å². The van der Waals surface area contributed by atoms with E-state index in [-0.39, 0.29) is 11.2 Å². The first-order valence-electron chi connectivity index (χ1n) is 6.05. The van der Waals surface area contributed by atoms with Gasteiger partial charge in [-0.1, -0.05) is 0 Å². The molecule has 0 aromatic rings. The molecule has 0 amide bonds. The number of carbonyl (C=O) groups excluding carboxylic acids is 1. The fourth-order valence-electron chi connectivity index (χ4n) is 4.65. The smallest absolute Gasteiger partial charge is 0.160 e.